The van der Waals surface area contributed by atoms with Crippen molar-refractivity contribution in [3.05, 3.63) is 121 Å². The Morgan fingerprint density at radius 1 is 0.364 bits per heavy atom. The predicted octanol–water partition coefficient (Wildman–Crippen LogP) is 8.96. The molecule has 0 aliphatic rings. The highest BCUT2D eigenvalue weighted by atomic mass is 14.7. The Balaban J connectivity index is 1.67. The van der Waals surface area contributed by atoms with Gasteiger partial charge in [-0.2, -0.15) is 0 Å². The summed E-state index contributed by atoms with van der Waals surface area (Å²) in [6, 6.07) is 43.6. The fourth-order valence-corrected chi connectivity index (χ4v) is 5.34. The van der Waals surface area contributed by atoms with E-state index in [1.165, 1.54) is 65.6 Å². The first-order chi connectivity index (χ1) is 16.4. The summed E-state index contributed by atoms with van der Waals surface area (Å²) in [6.07, 6.45) is 0. The minimum atomic E-state index is 1.18. The topological polar surface area (TPSA) is 15.8 Å². The van der Waals surface area contributed by atoms with E-state index in [2.05, 4.69) is 126 Å². The largest absolute Gasteiger partial charge is 0.354 e. The van der Waals surface area contributed by atoms with Crippen LogP contribution in [0.25, 0.3) is 65.6 Å². The molecule has 0 amide bonds. The average molecular weight is 420 g/mol. The van der Waals surface area contributed by atoms with Gasteiger partial charge in [0.15, 0.2) is 0 Å². The van der Waals surface area contributed by atoms with E-state index in [1.54, 1.807) is 0 Å². The van der Waals surface area contributed by atoms with Crippen LogP contribution in [0.5, 0.6) is 0 Å². The van der Waals surface area contributed by atoms with E-state index in [9.17, 15) is 0 Å². The Labute approximate surface area is 191 Å². The van der Waals surface area contributed by atoms with Crippen LogP contribution in [0.4, 0.5) is 0 Å². The van der Waals surface area contributed by atoms with Crippen molar-refractivity contribution < 1.29 is 0 Å². The molecule has 0 saturated heterocycles. The van der Waals surface area contributed by atoms with Gasteiger partial charge in [-0.25, -0.2) is 0 Å². The lowest BCUT2D eigenvalue weighted by Crippen LogP contribution is -1.84. The number of rotatable bonds is 2. The molecule has 1 nitrogen and oxygen atoms in total. The van der Waals surface area contributed by atoms with Crippen LogP contribution in [-0.2, 0) is 0 Å². The smallest absolute Gasteiger partial charge is 0.0477 e. The van der Waals surface area contributed by atoms with Gasteiger partial charge in [0.1, 0.15) is 0 Å². The van der Waals surface area contributed by atoms with Crippen molar-refractivity contribution >= 4 is 43.4 Å². The molecular formula is C32H21N. The number of H-pyrrole nitrogens is 1. The van der Waals surface area contributed by atoms with E-state index >= 15 is 0 Å². The van der Waals surface area contributed by atoms with Gasteiger partial charge in [-0.05, 0) is 55.9 Å². The van der Waals surface area contributed by atoms with Gasteiger partial charge in [0.2, 0.25) is 0 Å². The summed E-state index contributed by atoms with van der Waals surface area (Å²) < 4.78 is 0. The van der Waals surface area contributed by atoms with Crippen molar-refractivity contribution in [3.8, 4) is 22.3 Å². The van der Waals surface area contributed by atoms with Gasteiger partial charge in [-0.3, -0.25) is 0 Å². The first-order valence-corrected chi connectivity index (χ1v) is 11.4. The second kappa shape index (κ2) is 7.08. The van der Waals surface area contributed by atoms with Gasteiger partial charge < -0.3 is 4.98 Å². The molecule has 0 radical (unpaired) electrons. The Morgan fingerprint density at radius 2 is 0.727 bits per heavy atom. The molecule has 1 heterocycles. The normalized spacial score (nSPS) is 11.6. The number of hydrogen-bond donors (Lipinski definition) is 1. The zero-order valence-electron chi connectivity index (χ0n) is 18.0. The van der Waals surface area contributed by atoms with Crippen LogP contribution in [-0.4, -0.2) is 4.98 Å². The molecule has 1 heteroatoms. The molecule has 0 unspecified atom stereocenters. The average Bonchev–Trinajstić information content (AvgIpc) is 3.28. The molecular weight excluding hydrogens is 398 g/mol. The second-order valence-corrected chi connectivity index (χ2v) is 8.64. The lowest BCUT2D eigenvalue weighted by atomic mass is 9.92. The minimum absolute atomic E-state index is 1.18. The Morgan fingerprint density at radius 3 is 1.15 bits per heavy atom. The summed E-state index contributed by atoms with van der Waals surface area (Å²) in [5, 5.41) is 7.75. The van der Waals surface area contributed by atoms with Crippen LogP contribution >= 0.6 is 0 Å². The molecule has 1 N–H and O–H groups in total. The fraction of sp³-hybridized carbons (Fsp3) is 0. The fourth-order valence-electron chi connectivity index (χ4n) is 5.34. The number of aromatic amines is 1. The van der Waals surface area contributed by atoms with Gasteiger partial charge in [0.25, 0.3) is 0 Å². The number of hydrogen-bond acceptors (Lipinski definition) is 0. The molecule has 7 aromatic rings. The highest BCUT2D eigenvalue weighted by Gasteiger charge is 2.17. The number of benzene rings is 6. The third-order valence-electron chi connectivity index (χ3n) is 6.78. The van der Waals surface area contributed by atoms with Crippen molar-refractivity contribution in [2.45, 2.75) is 0 Å². The molecule has 0 bridgehead atoms. The van der Waals surface area contributed by atoms with Crippen molar-refractivity contribution in [2.75, 3.05) is 0 Å². The van der Waals surface area contributed by atoms with E-state index in [1.807, 2.05) is 0 Å². The Kier molecular flexibility index (Phi) is 3.91. The zero-order valence-corrected chi connectivity index (χ0v) is 18.0. The summed E-state index contributed by atoms with van der Waals surface area (Å²) in [4.78, 5) is 3.78. The van der Waals surface area contributed by atoms with Crippen LogP contribution in [0.1, 0.15) is 0 Å². The van der Waals surface area contributed by atoms with E-state index in [0.717, 1.165) is 0 Å². The first-order valence-electron chi connectivity index (χ1n) is 11.4. The maximum atomic E-state index is 3.78. The van der Waals surface area contributed by atoms with Gasteiger partial charge in [-0.1, -0.05) is 109 Å². The van der Waals surface area contributed by atoms with E-state index in [-0.39, 0.29) is 0 Å². The predicted molar refractivity (Wildman–Crippen MR) is 142 cm³/mol. The molecule has 0 aliphatic carbocycles. The second-order valence-electron chi connectivity index (χ2n) is 8.64. The van der Waals surface area contributed by atoms with E-state index < -0.39 is 0 Å². The summed E-state index contributed by atoms with van der Waals surface area (Å²) in [7, 11) is 0. The Hall–Kier alpha value is -4.36. The van der Waals surface area contributed by atoms with Crippen molar-refractivity contribution in [2.24, 2.45) is 0 Å². The quantitative estimate of drug-likeness (QED) is 0.288. The first kappa shape index (κ1) is 18.2. The SMILES string of the molecule is c1ccc(-c2cc3[nH]c4cc(-c5ccccc5)c5ccccc5c4c3c3ccccc23)cc1. The molecule has 0 fully saturated rings. The maximum Gasteiger partial charge on any atom is 0.0477 e. The van der Waals surface area contributed by atoms with Crippen molar-refractivity contribution in [1.29, 1.82) is 0 Å². The standard InChI is InChI=1S/C32H21N/c1-3-11-21(12-4-1)27-19-29-31(25-17-9-7-15-23(25)27)32-26-18-10-8-16-24(26)28(20-30(32)33-29)22-13-5-2-6-14-22/h1-20,33H. The van der Waals surface area contributed by atoms with E-state index in [0.29, 0.717) is 0 Å². The third-order valence-corrected chi connectivity index (χ3v) is 6.78. The number of fused-ring (bicyclic) bond motifs is 7. The molecule has 0 saturated carbocycles. The van der Waals surface area contributed by atoms with Crippen LogP contribution < -0.4 is 0 Å². The lowest BCUT2D eigenvalue weighted by molar-refractivity contribution is 1.55. The van der Waals surface area contributed by atoms with Gasteiger partial charge in [0, 0.05) is 21.8 Å². The minimum Gasteiger partial charge on any atom is -0.354 e. The summed E-state index contributed by atoms with van der Waals surface area (Å²) in [5.41, 5.74) is 7.36. The van der Waals surface area contributed by atoms with Crippen molar-refractivity contribution in [1.82, 2.24) is 4.98 Å². The molecule has 1 aromatic heterocycles. The molecule has 0 aliphatic heterocycles. The van der Waals surface area contributed by atoms with Gasteiger partial charge >= 0.3 is 0 Å². The monoisotopic (exact) mass is 419 g/mol. The third kappa shape index (κ3) is 2.73. The highest BCUT2D eigenvalue weighted by Crippen LogP contribution is 2.43. The molecule has 6 aromatic carbocycles. The van der Waals surface area contributed by atoms with Crippen LogP contribution in [0, 0.1) is 0 Å². The molecule has 7 rings (SSSR count). The highest BCUT2D eigenvalue weighted by molar-refractivity contribution is 6.30. The summed E-state index contributed by atoms with van der Waals surface area (Å²) in [5.74, 6) is 0. The zero-order chi connectivity index (χ0) is 21.8. The van der Waals surface area contributed by atoms with Gasteiger partial charge in [-0.15, -0.1) is 0 Å². The van der Waals surface area contributed by atoms with Crippen LogP contribution in [0.2, 0.25) is 0 Å². The van der Waals surface area contributed by atoms with Crippen LogP contribution in [0.3, 0.4) is 0 Å². The lowest BCUT2D eigenvalue weighted by Gasteiger charge is -2.11. The molecule has 0 spiro atoms. The molecule has 0 atom stereocenters. The summed E-state index contributed by atoms with van der Waals surface area (Å²) in [6.45, 7) is 0. The van der Waals surface area contributed by atoms with E-state index in [4.69, 9.17) is 0 Å². The number of nitrogens with one attached hydrogen (secondary N) is 1. The van der Waals surface area contributed by atoms with Crippen LogP contribution in [0.15, 0.2) is 121 Å². The van der Waals surface area contributed by atoms with Gasteiger partial charge in [0.05, 0.1) is 0 Å². The molecule has 33 heavy (non-hydrogen) atoms. The summed E-state index contributed by atoms with van der Waals surface area (Å²) >= 11 is 0. The van der Waals surface area contributed by atoms with Crippen molar-refractivity contribution in [3.63, 3.8) is 0 Å². The molecule has 154 valence electrons. The number of aromatic nitrogens is 1. The Bertz CT molecular complexity index is 1660. The maximum absolute atomic E-state index is 3.78.